The zero-order valence-electron chi connectivity index (χ0n) is 11.5. The number of rotatable bonds is 4. The number of nitrogens with one attached hydrogen (secondary N) is 1. The minimum atomic E-state index is -0.172. The molecule has 2 aromatic carbocycles. The Morgan fingerprint density at radius 2 is 1.60 bits per heavy atom. The summed E-state index contributed by atoms with van der Waals surface area (Å²) in [7, 11) is 3.90. The Labute approximate surface area is 118 Å². The van der Waals surface area contributed by atoms with Gasteiger partial charge in [-0.1, -0.05) is 0 Å². The van der Waals surface area contributed by atoms with Crippen molar-refractivity contribution in [3.05, 3.63) is 59.7 Å². The van der Waals surface area contributed by atoms with Crippen molar-refractivity contribution in [1.29, 1.82) is 0 Å². The Morgan fingerprint density at radius 3 is 2.10 bits per heavy atom. The van der Waals surface area contributed by atoms with Crippen LogP contribution in [0.15, 0.2) is 48.5 Å². The summed E-state index contributed by atoms with van der Waals surface area (Å²) in [5.41, 5.74) is 2.88. The lowest BCUT2D eigenvalue weighted by Crippen LogP contribution is -2.13. The van der Waals surface area contributed by atoms with E-state index in [1.54, 1.807) is 36.4 Å². The number of hydrogen-bond acceptors (Lipinski definition) is 3. The number of nitrogens with zero attached hydrogens (tertiary/aromatic N) is 1. The average molecular weight is 268 g/mol. The van der Waals surface area contributed by atoms with Gasteiger partial charge in [0.15, 0.2) is 0 Å². The van der Waals surface area contributed by atoms with Crippen molar-refractivity contribution in [3.63, 3.8) is 0 Å². The first-order valence-corrected chi connectivity index (χ1v) is 6.24. The molecular weight excluding hydrogens is 252 g/mol. The van der Waals surface area contributed by atoms with E-state index in [4.69, 9.17) is 0 Å². The van der Waals surface area contributed by atoms with Crippen molar-refractivity contribution in [1.82, 2.24) is 0 Å². The largest absolute Gasteiger partial charge is 0.378 e. The first kappa shape index (κ1) is 13.8. The molecule has 2 rings (SSSR count). The SMILES string of the molecule is CN(C)c1ccc(C(=O)Nc2ccc(C=O)cc2)cc1. The molecule has 0 aliphatic heterocycles. The van der Waals surface area contributed by atoms with Crippen LogP contribution in [-0.2, 0) is 0 Å². The second-order valence-electron chi connectivity index (χ2n) is 4.64. The Hall–Kier alpha value is -2.62. The Kier molecular flexibility index (Phi) is 4.15. The molecular formula is C16H16N2O2. The minimum Gasteiger partial charge on any atom is -0.378 e. The van der Waals surface area contributed by atoms with Gasteiger partial charge in [0.05, 0.1) is 0 Å². The number of benzene rings is 2. The van der Waals surface area contributed by atoms with Gasteiger partial charge in [0, 0.05) is 36.6 Å². The van der Waals surface area contributed by atoms with Gasteiger partial charge in [-0.3, -0.25) is 9.59 Å². The smallest absolute Gasteiger partial charge is 0.255 e. The molecule has 1 amide bonds. The van der Waals surface area contributed by atoms with Gasteiger partial charge in [-0.2, -0.15) is 0 Å². The molecule has 0 atom stereocenters. The summed E-state index contributed by atoms with van der Waals surface area (Å²) >= 11 is 0. The Morgan fingerprint density at radius 1 is 1.00 bits per heavy atom. The highest BCUT2D eigenvalue weighted by atomic mass is 16.1. The maximum atomic E-state index is 12.1. The number of aldehydes is 1. The lowest BCUT2D eigenvalue weighted by Gasteiger charge is -2.12. The van der Waals surface area contributed by atoms with Crippen LogP contribution in [0.5, 0.6) is 0 Å². The highest BCUT2D eigenvalue weighted by Crippen LogP contribution is 2.14. The zero-order chi connectivity index (χ0) is 14.5. The molecule has 0 spiro atoms. The fourth-order valence-electron chi connectivity index (χ4n) is 1.76. The van der Waals surface area contributed by atoms with Gasteiger partial charge in [-0.05, 0) is 48.5 Å². The molecule has 20 heavy (non-hydrogen) atoms. The van der Waals surface area contributed by atoms with Crippen molar-refractivity contribution in [2.45, 2.75) is 0 Å². The molecule has 0 saturated heterocycles. The van der Waals surface area contributed by atoms with E-state index in [2.05, 4.69) is 5.32 Å². The second-order valence-corrected chi connectivity index (χ2v) is 4.64. The van der Waals surface area contributed by atoms with E-state index >= 15 is 0 Å². The van der Waals surface area contributed by atoms with Gasteiger partial charge in [-0.25, -0.2) is 0 Å². The third-order valence-corrected chi connectivity index (χ3v) is 2.95. The number of anilines is 2. The molecule has 0 fully saturated rings. The average Bonchev–Trinajstić information content (AvgIpc) is 2.48. The normalized spacial score (nSPS) is 9.90. The molecule has 102 valence electrons. The highest BCUT2D eigenvalue weighted by Gasteiger charge is 2.06. The van der Waals surface area contributed by atoms with Gasteiger partial charge in [0.2, 0.25) is 0 Å². The summed E-state index contributed by atoms with van der Waals surface area (Å²) in [4.78, 5) is 24.6. The minimum absolute atomic E-state index is 0.172. The highest BCUT2D eigenvalue weighted by molar-refractivity contribution is 6.04. The first-order chi connectivity index (χ1) is 9.60. The molecule has 0 aliphatic rings. The number of hydrogen-bond donors (Lipinski definition) is 1. The van der Waals surface area contributed by atoms with Crippen molar-refractivity contribution in [3.8, 4) is 0 Å². The molecule has 0 radical (unpaired) electrons. The van der Waals surface area contributed by atoms with Crippen LogP contribution in [0.4, 0.5) is 11.4 Å². The van der Waals surface area contributed by atoms with E-state index < -0.39 is 0 Å². The fraction of sp³-hybridized carbons (Fsp3) is 0.125. The Bertz CT molecular complexity index is 601. The van der Waals surface area contributed by atoms with E-state index in [9.17, 15) is 9.59 Å². The van der Waals surface area contributed by atoms with E-state index in [1.165, 1.54) is 0 Å². The molecule has 0 heterocycles. The number of carbonyl (C=O) groups excluding carboxylic acids is 2. The van der Waals surface area contributed by atoms with Crippen LogP contribution in [-0.4, -0.2) is 26.3 Å². The van der Waals surface area contributed by atoms with Crippen LogP contribution in [0.3, 0.4) is 0 Å². The van der Waals surface area contributed by atoms with Gasteiger partial charge in [-0.15, -0.1) is 0 Å². The number of carbonyl (C=O) groups is 2. The van der Waals surface area contributed by atoms with Crippen LogP contribution >= 0.6 is 0 Å². The molecule has 0 bridgehead atoms. The maximum absolute atomic E-state index is 12.1. The fourth-order valence-corrected chi connectivity index (χ4v) is 1.76. The molecule has 0 saturated carbocycles. The molecule has 4 heteroatoms. The van der Waals surface area contributed by atoms with Crippen LogP contribution in [0.25, 0.3) is 0 Å². The topological polar surface area (TPSA) is 49.4 Å². The van der Waals surface area contributed by atoms with Crippen molar-refractivity contribution in [2.75, 3.05) is 24.3 Å². The third kappa shape index (κ3) is 3.23. The molecule has 4 nitrogen and oxygen atoms in total. The summed E-state index contributed by atoms with van der Waals surface area (Å²) in [5.74, 6) is -0.172. The molecule has 0 unspecified atom stereocenters. The predicted molar refractivity (Wildman–Crippen MR) is 80.6 cm³/mol. The van der Waals surface area contributed by atoms with E-state index in [0.717, 1.165) is 12.0 Å². The monoisotopic (exact) mass is 268 g/mol. The standard InChI is InChI=1S/C16H16N2O2/c1-18(2)15-9-5-13(6-10-15)16(20)17-14-7-3-12(11-19)4-8-14/h3-11H,1-2H3,(H,17,20). The predicted octanol–water partition coefficient (Wildman–Crippen LogP) is 2.82. The van der Waals surface area contributed by atoms with E-state index in [-0.39, 0.29) is 5.91 Å². The Balaban J connectivity index is 2.08. The third-order valence-electron chi connectivity index (χ3n) is 2.95. The number of amides is 1. The quantitative estimate of drug-likeness (QED) is 0.867. The van der Waals surface area contributed by atoms with E-state index in [0.29, 0.717) is 16.8 Å². The summed E-state index contributed by atoms with van der Waals surface area (Å²) < 4.78 is 0. The van der Waals surface area contributed by atoms with Crippen LogP contribution in [0.2, 0.25) is 0 Å². The van der Waals surface area contributed by atoms with Gasteiger partial charge in [0.1, 0.15) is 6.29 Å². The van der Waals surface area contributed by atoms with Crippen molar-refractivity contribution < 1.29 is 9.59 Å². The summed E-state index contributed by atoms with van der Waals surface area (Å²) in [6, 6.07) is 14.1. The van der Waals surface area contributed by atoms with Crippen LogP contribution < -0.4 is 10.2 Å². The summed E-state index contributed by atoms with van der Waals surface area (Å²) in [6.45, 7) is 0. The zero-order valence-corrected chi connectivity index (χ0v) is 11.5. The lowest BCUT2D eigenvalue weighted by atomic mass is 10.1. The molecule has 0 aromatic heterocycles. The van der Waals surface area contributed by atoms with Gasteiger partial charge in [0.25, 0.3) is 5.91 Å². The van der Waals surface area contributed by atoms with E-state index in [1.807, 2.05) is 31.1 Å². The van der Waals surface area contributed by atoms with Crippen LogP contribution in [0, 0.1) is 0 Å². The van der Waals surface area contributed by atoms with Crippen LogP contribution in [0.1, 0.15) is 20.7 Å². The van der Waals surface area contributed by atoms with Crippen molar-refractivity contribution >= 4 is 23.6 Å². The molecule has 1 N–H and O–H groups in total. The first-order valence-electron chi connectivity index (χ1n) is 6.24. The summed E-state index contributed by atoms with van der Waals surface area (Å²) in [6.07, 6.45) is 0.769. The maximum Gasteiger partial charge on any atom is 0.255 e. The lowest BCUT2D eigenvalue weighted by molar-refractivity contribution is 0.102. The summed E-state index contributed by atoms with van der Waals surface area (Å²) in [5, 5.41) is 2.79. The van der Waals surface area contributed by atoms with Gasteiger partial charge >= 0.3 is 0 Å². The van der Waals surface area contributed by atoms with Gasteiger partial charge < -0.3 is 10.2 Å². The van der Waals surface area contributed by atoms with Crippen molar-refractivity contribution in [2.24, 2.45) is 0 Å². The molecule has 2 aromatic rings. The second kappa shape index (κ2) is 6.02. The molecule has 0 aliphatic carbocycles.